The van der Waals surface area contributed by atoms with Crippen LogP contribution in [0.25, 0.3) is 0 Å². The fourth-order valence-electron chi connectivity index (χ4n) is 1.49. The summed E-state index contributed by atoms with van der Waals surface area (Å²) in [5.41, 5.74) is 2.73. The third-order valence-electron chi connectivity index (χ3n) is 2.58. The van der Waals surface area contributed by atoms with E-state index >= 15 is 0 Å². The molecule has 0 aliphatic rings. The Labute approximate surface area is 140 Å². The van der Waals surface area contributed by atoms with Crippen molar-refractivity contribution in [3.63, 3.8) is 0 Å². The monoisotopic (exact) mass is 337 g/mol. The van der Waals surface area contributed by atoms with Crippen LogP contribution in [0.15, 0.2) is 36.0 Å². The maximum absolute atomic E-state index is 11.6. The van der Waals surface area contributed by atoms with E-state index in [0.717, 1.165) is 0 Å². The number of nitrogens with one attached hydrogen (secondary N) is 2. The standard InChI is InChI=1S/C16H20ClN3O3/c1-4-7-23-14-6-5-13(17)8-12(14)10-19-20-16(22)15(21)18-9-11(2)3/h4-6,8,10-11H,1,7,9H2,2-3H3,(H,18,21)(H,20,22)/b19-10-. The molecule has 0 aromatic heterocycles. The Hall–Kier alpha value is -2.34. The zero-order valence-corrected chi connectivity index (χ0v) is 13.9. The quantitative estimate of drug-likeness (QED) is 0.346. The smallest absolute Gasteiger partial charge is 0.329 e. The molecular formula is C16H20ClN3O3. The van der Waals surface area contributed by atoms with Crippen LogP contribution in [-0.4, -0.2) is 31.2 Å². The zero-order valence-electron chi connectivity index (χ0n) is 13.1. The fourth-order valence-corrected chi connectivity index (χ4v) is 1.67. The number of carbonyl (C=O) groups is 2. The van der Waals surface area contributed by atoms with Gasteiger partial charge in [-0.15, -0.1) is 0 Å². The average molecular weight is 338 g/mol. The molecule has 2 amide bonds. The summed E-state index contributed by atoms with van der Waals surface area (Å²) >= 11 is 5.92. The van der Waals surface area contributed by atoms with E-state index in [9.17, 15) is 9.59 Å². The summed E-state index contributed by atoms with van der Waals surface area (Å²) in [5, 5.41) is 6.75. The molecule has 0 fully saturated rings. The van der Waals surface area contributed by atoms with E-state index in [1.54, 1.807) is 24.3 Å². The molecule has 23 heavy (non-hydrogen) atoms. The van der Waals surface area contributed by atoms with E-state index in [0.29, 0.717) is 29.5 Å². The zero-order chi connectivity index (χ0) is 17.2. The van der Waals surface area contributed by atoms with Crippen LogP contribution < -0.4 is 15.5 Å². The minimum Gasteiger partial charge on any atom is -0.489 e. The summed E-state index contributed by atoms with van der Waals surface area (Å²) in [6, 6.07) is 4.99. The number of ether oxygens (including phenoxy) is 1. The number of hydrazone groups is 1. The second-order valence-electron chi connectivity index (χ2n) is 5.08. The predicted molar refractivity (Wildman–Crippen MR) is 90.7 cm³/mol. The number of carbonyl (C=O) groups excluding carboxylic acids is 2. The molecule has 1 rings (SSSR count). The molecule has 0 saturated heterocycles. The van der Waals surface area contributed by atoms with Gasteiger partial charge in [-0.1, -0.05) is 38.1 Å². The van der Waals surface area contributed by atoms with Crippen LogP contribution in [-0.2, 0) is 9.59 Å². The predicted octanol–water partition coefficient (Wildman–Crippen LogP) is 2.13. The fraction of sp³-hybridized carbons (Fsp3) is 0.312. The number of rotatable bonds is 7. The normalized spacial score (nSPS) is 10.6. The maximum atomic E-state index is 11.6. The molecule has 0 unspecified atom stereocenters. The maximum Gasteiger partial charge on any atom is 0.329 e. The van der Waals surface area contributed by atoms with Crippen molar-refractivity contribution >= 4 is 29.6 Å². The largest absolute Gasteiger partial charge is 0.489 e. The molecule has 124 valence electrons. The van der Waals surface area contributed by atoms with Crippen molar-refractivity contribution in [1.29, 1.82) is 0 Å². The number of hydrogen-bond acceptors (Lipinski definition) is 4. The molecule has 0 heterocycles. The molecule has 0 aliphatic carbocycles. The highest BCUT2D eigenvalue weighted by molar-refractivity contribution is 6.35. The number of halogens is 1. The van der Waals surface area contributed by atoms with Gasteiger partial charge in [-0.3, -0.25) is 9.59 Å². The highest BCUT2D eigenvalue weighted by Gasteiger charge is 2.12. The summed E-state index contributed by atoms with van der Waals surface area (Å²) in [7, 11) is 0. The number of amides is 2. The average Bonchev–Trinajstić information content (AvgIpc) is 2.51. The van der Waals surface area contributed by atoms with Crippen molar-refractivity contribution in [2.45, 2.75) is 13.8 Å². The lowest BCUT2D eigenvalue weighted by Crippen LogP contribution is -2.39. The third-order valence-corrected chi connectivity index (χ3v) is 2.81. The van der Waals surface area contributed by atoms with Crippen molar-refractivity contribution in [1.82, 2.24) is 10.7 Å². The van der Waals surface area contributed by atoms with Gasteiger partial charge in [-0.2, -0.15) is 5.10 Å². The van der Waals surface area contributed by atoms with Gasteiger partial charge in [0, 0.05) is 17.1 Å². The van der Waals surface area contributed by atoms with Crippen molar-refractivity contribution in [3.05, 3.63) is 41.4 Å². The van der Waals surface area contributed by atoms with Crippen LogP contribution in [0.5, 0.6) is 5.75 Å². The van der Waals surface area contributed by atoms with Gasteiger partial charge >= 0.3 is 11.8 Å². The third kappa shape index (κ3) is 6.97. The second kappa shape index (κ2) is 9.63. The lowest BCUT2D eigenvalue weighted by molar-refractivity contribution is -0.139. The topological polar surface area (TPSA) is 79.8 Å². The van der Waals surface area contributed by atoms with Gasteiger partial charge < -0.3 is 10.1 Å². The molecule has 0 bridgehead atoms. The van der Waals surface area contributed by atoms with Crippen LogP contribution in [0.4, 0.5) is 0 Å². The first-order valence-corrected chi connectivity index (χ1v) is 7.46. The molecule has 0 saturated carbocycles. The van der Waals surface area contributed by atoms with E-state index in [1.807, 2.05) is 13.8 Å². The molecule has 0 aliphatic heterocycles. The molecule has 2 N–H and O–H groups in total. The van der Waals surface area contributed by atoms with Gasteiger partial charge in [0.05, 0.1) is 6.21 Å². The van der Waals surface area contributed by atoms with Gasteiger partial charge in [0.25, 0.3) is 0 Å². The Bertz CT molecular complexity index is 600. The van der Waals surface area contributed by atoms with E-state index < -0.39 is 11.8 Å². The Morgan fingerprint density at radius 1 is 1.39 bits per heavy atom. The van der Waals surface area contributed by atoms with Gasteiger partial charge in [0.15, 0.2) is 0 Å². The Balaban J connectivity index is 2.66. The first-order chi connectivity index (χ1) is 10.9. The summed E-state index contributed by atoms with van der Waals surface area (Å²) in [4.78, 5) is 23.1. The highest BCUT2D eigenvalue weighted by atomic mass is 35.5. The van der Waals surface area contributed by atoms with Crippen LogP contribution in [0.2, 0.25) is 5.02 Å². The van der Waals surface area contributed by atoms with Crippen LogP contribution in [0.3, 0.4) is 0 Å². The highest BCUT2D eigenvalue weighted by Crippen LogP contribution is 2.21. The van der Waals surface area contributed by atoms with Gasteiger partial charge in [-0.05, 0) is 24.1 Å². The van der Waals surface area contributed by atoms with Gasteiger partial charge in [0.2, 0.25) is 0 Å². The van der Waals surface area contributed by atoms with Crippen molar-refractivity contribution in [3.8, 4) is 5.75 Å². The minimum absolute atomic E-state index is 0.256. The van der Waals surface area contributed by atoms with Crippen molar-refractivity contribution in [2.24, 2.45) is 11.0 Å². The Kier molecular flexibility index (Phi) is 7.83. The van der Waals surface area contributed by atoms with Crippen molar-refractivity contribution < 1.29 is 14.3 Å². The number of nitrogens with zero attached hydrogens (tertiary/aromatic N) is 1. The molecule has 1 aromatic carbocycles. The number of hydrogen-bond donors (Lipinski definition) is 2. The van der Waals surface area contributed by atoms with Gasteiger partial charge in [-0.25, -0.2) is 5.43 Å². The molecule has 0 spiro atoms. The molecule has 0 radical (unpaired) electrons. The SMILES string of the molecule is C=CCOc1ccc(Cl)cc1/C=N\NC(=O)C(=O)NCC(C)C. The van der Waals surface area contributed by atoms with Crippen LogP contribution in [0, 0.1) is 5.92 Å². The van der Waals surface area contributed by atoms with E-state index in [-0.39, 0.29) is 5.92 Å². The molecule has 1 aromatic rings. The summed E-state index contributed by atoms with van der Waals surface area (Å²) in [5.74, 6) is -0.773. The van der Waals surface area contributed by atoms with Crippen LogP contribution >= 0.6 is 11.6 Å². The second-order valence-corrected chi connectivity index (χ2v) is 5.52. The summed E-state index contributed by atoms with van der Waals surface area (Å²) < 4.78 is 5.45. The number of benzene rings is 1. The summed E-state index contributed by atoms with van der Waals surface area (Å²) in [6.07, 6.45) is 2.97. The molecule has 7 heteroatoms. The molecule has 0 atom stereocenters. The first-order valence-electron chi connectivity index (χ1n) is 7.08. The first kappa shape index (κ1) is 18.7. The lowest BCUT2D eigenvalue weighted by atomic mass is 10.2. The molecular weight excluding hydrogens is 318 g/mol. The Morgan fingerprint density at radius 3 is 2.78 bits per heavy atom. The van der Waals surface area contributed by atoms with E-state index in [1.165, 1.54) is 6.21 Å². The lowest BCUT2D eigenvalue weighted by Gasteiger charge is -2.07. The minimum atomic E-state index is -0.836. The summed E-state index contributed by atoms with van der Waals surface area (Å²) in [6.45, 7) is 8.18. The van der Waals surface area contributed by atoms with E-state index in [4.69, 9.17) is 16.3 Å². The van der Waals surface area contributed by atoms with Crippen molar-refractivity contribution in [2.75, 3.05) is 13.2 Å². The molecule has 6 nitrogen and oxygen atoms in total. The Morgan fingerprint density at radius 2 is 2.13 bits per heavy atom. The van der Waals surface area contributed by atoms with E-state index in [2.05, 4.69) is 22.4 Å². The van der Waals surface area contributed by atoms with Gasteiger partial charge in [0.1, 0.15) is 12.4 Å². The van der Waals surface area contributed by atoms with Crippen LogP contribution in [0.1, 0.15) is 19.4 Å².